The van der Waals surface area contributed by atoms with E-state index in [0.717, 1.165) is 6.07 Å². The Morgan fingerprint density at radius 3 is 2.67 bits per heavy atom. The van der Waals surface area contributed by atoms with Gasteiger partial charge in [-0.1, -0.05) is 0 Å². The van der Waals surface area contributed by atoms with Gasteiger partial charge in [0.1, 0.15) is 11.6 Å². The Morgan fingerprint density at radius 1 is 1.40 bits per heavy atom. The molecule has 0 unspecified atom stereocenters. The zero-order chi connectivity index (χ0) is 11.4. The molecule has 0 spiro atoms. The van der Waals surface area contributed by atoms with E-state index in [-0.39, 0.29) is 24.3 Å². The number of benzene rings is 1. The fourth-order valence-corrected chi connectivity index (χ4v) is 1.10. The highest BCUT2D eigenvalue weighted by molar-refractivity contribution is 5.94. The third kappa shape index (κ3) is 2.73. The molecule has 0 aliphatic heterocycles. The van der Waals surface area contributed by atoms with Crippen LogP contribution in [0.2, 0.25) is 0 Å². The number of rotatable bonds is 3. The largest absolute Gasteiger partial charge is 0.395 e. The molecule has 82 valence electrons. The molecule has 0 fully saturated rings. The number of hydrogen-bond donors (Lipinski definition) is 2. The van der Waals surface area contributed by atoms with E-state index in [1.165, 1.54) is 6.92 Å². The second-order valence-corrected chi connectivity index (χ2v) is 3.06. The Morgan fingerprint density at radius 2 is 2.07 bits per heavy atom. The van der Waals surface area contributed by atoms with E-state index in [0.29, 0.717) is 6.07 Å². The third-order valence-corrected chi connectivity index (χ3v) is 1.89. The van der Waals surface area contributed by atoms with Crippen LogP contribution in [0.15, 0.2) is 12.1 Å². The minimum atomic E-state index is -0.909. The zero-order valence-corrected chi connectivity index (χ0v) is 8.18. The average Bonchev–Trinajstić information content (AvgIpc) is 2.20. The predicted octanol–water partition coefficient (Wildman–Crippen LogP) is 0.995. The van der Waals surface area contributed by atoms with Crippen molar-refractivity contribution in [1.29, 1.82) is 0 Å². The highest BCUT2D eigenvalue weighted by Gasteiger charge is 2.13. The molecule has 0 saturated heterocycles. The van der Waals surface area contributed by atoms with Gasteiger partial charge in [-0.25, -0.2) is 8.78 Å². The number of carbonyl (C=O) groups excluding carboxylic acids is 1. The van der Waals surface area contributed by atoms with Crippen LogP contribution >= 0.6 is 0 Å². The van der Waals surface area contributed by atoms with Gasteiger partial charge in [-0.15, -0.1) is 0 Å². The monoisotopic (exact) mass is 215 g/mol. The molecule has 1 aromatic carbocycles. The summed E-state index contributed by atoms with van der Waals surface area (Å²) in [6, 6.07) is 1.81. The maximum absolute atomic E-state index is 13.1. The van der Waals surface area contributed by atoms with E-state index in [1.807, 2.05) is 0 Å². The maximum atomic E-state index is 13.1. The van der Waals surface area contributed by atoms with Gasteiger partial charge < -0.3 is 10.4 Å². The van der Waals surface area contributed by atoms with E-state index >= 15 is 0 Å². The van der Waals surface area contributed by atoms with Crippen molar-refractivity contribution in [2.24, 2.45) is 0 Å². The van der Waals surface area contributed by atoms with Crippen LogP contribution in [0.5, 0.6) is 0 Å². The number of nitrogens with one attached hydrogen (secondary N) is 1. The lowest BCUT2D eigenvalue weighted by atomic mass is 10.1. The molecule has 3 nitrogen and oxygen atoms in total. The van der Waals surface area contributed by atoms with Crippen molar-refractivity contribution in [3.63, 3.8) is 0 Å². The first-order valence-electron chi connectivity index (χ1n) is 4.41. The fraction of sp³-hybridized carbons (Fsp3) is 0.300. The molecule has 0 aliphatic carbocycles. The van der Waals surface area contributed by atoms with Crippen LogP contribution in [0.1, 0.15) is 15.9 Å². The van der Waals surface area contributed by atoms with Crippen LogP contribution in [0.25, 0.3) is 0 Å². The van der Waals surface area contributed by atoms with E-state index in [9.17, 15) is 13.6 Å². The first kappa shape index (κ1) is 11.6. The number of aliphatic hydroxyl groups excluding tert-OH is 1. The molecular formula is C10H11F2NO2. The number of hydrogen-bond acceptors (Lipinski definition) is 2. The van der Waals surface area contributed by atoms with Gasteiger partial charge in [0.05, 0.1) is 12.2 Å². The molecule has 0 aromatic heterocycles. The van der Waals surface area contributed by atoms with Gasteiger partial charge in [0, 0.05) is 12.6 Å². The van der Waals surface area contributed by atoms with E-state index in [2.05, 4.69) is 5.32 Å². The SMILES string of the molecule is Cc1cc(C(=O)NCCO)c(F)cc1F. The Bertz CT molecular complexity index is 380. The van der Waals surface area contributed by atoms with Crippen molar-refractivity contribution in [3.05, 3.63) is 34.9 Å². The molecule has 1 amide bonds. The van der Waals surface area contributed by atoms with Crippen LogP contribution in [0.3, 0.4) is 0 Å². The molecule has 0 heterocycles. The Balaban J connectivity index is 2.94. The lowest BCUT2D eigenvalue weighted by Gasteiger charge is -2.06. The molecule has 1 rings (SSSR count). The van der Waals surface area contributed by atoms with Crippen LogP contribution in [-0.2, 0) is 0 Å². The zero-order valence-electron chi connectivity index (χ0n) is 8.18. The fourth-order valence-electron chi connectivity index (χ4n) is 1.10. The lowest BCUT2D eigenvalue weighted by molar-refractivity contribution is 0.0940. The first-order chi connectivity index (χ1) is 7.06. The summed E-state index contributed by atoms with van der Waals surface area (Å²) in [4.78, 5) is 11.3. The molecular weight excluding hydrogens is 204 g/mol. The summed E-state index contributed by atoms with van der Waals surface area (Å²) in [5, 5.41) is 10.7. The summed E-state index contributed by atoms with van der Waals surface area (Å²) < 4.78 is 26.0. The van der Waals surface area contributed by atoms with Crippen LogP contribution in [0, 0.1) is 18.6 Å². The van der Waals surface area contributed by atoms with Crippen molar-refractivity contribution in [2.75, 3.05) is 13.2 Å². The van der Waals surface area contributed by atoms with Crippen LogP contribution < -0.4 is 5.32 Å². The van der Waals surface area contributed by atoms with Gasteiger partial charge in [-0.3, -0.25) is 4.79 Å². The predicted molar refractivity (Wildman–Crippen MR) is 50.5 cm³/mol. The minimum absolute atomic E-state index is 0.0364. The summed E-state index contributed by atoms with van der Waals surface area (Å²) in [5.74, 6) is -2.26. The standard InChI is InChI=1S/C10H11F2NO2/c1-6-4-7(9(12)5-8(6)11)10(15)13-2-3-14/h4-5,14H,2-3H2,1H3,(H,13,15). The second-order valence-electron chi connectivity index (χ2n) is 3.06. The van der Waals surface area contributed by atoms with Crippen molar-refractivity contribution < 1.29 is 18.7 Å². The molecule has 15 heavy (non-hydrogen) atoms. The normalized spacial score (nSPS) is 10.1. The summed E-state index contributed by atoms with van der Waals surface area (Å²) in [7, 11) is 0. The van der Waals surface area contributed by atoms with Gasteiger partial charge in [-0.05, 0) is 18.6 Å². The van der Waals surface area contributed by atoms with Crippen molar-refractivity contribution in [3.8, 4) is 0 Å². The van der Waals surface area contributed by atoms with Crippen LogP contribution in [0.4, 0.5) is 8.78 Å². The smallest absolute Gasteiger partial charge is 0.254 e. The number of carbonyl (C=O) groups is 1. The van der Waals surface area contributed by atoms with Gasteiger partial charge >= 0.3 is 0 Å². The number of aryl methyl sites for hydroxylation is 1. The number of halogens is 2. The highest BCUT2D eigenvalue weighted by Crippen LogP contribution is 2.13. The summed E-state index contributed by atoms with van der Waals surface area (Å²) in [6.45, 7) is 1.25. The maximum Gasteiger partial charge on any atom is 0.254 e. The lowest BCUT2D eigenvalue weighted by Crippen LogP contribution is -2.27. The summed E-state index contributed by atoms with van der Waals surface area (Å²) in [6.07, 6.45) is 0. The molecule has 1 aromatic rings. The average molecular weight is 215 g/mol. The molecule has 5 heteroatoms. The highest BCUT2D eigenvalue weighted by atomic mass is 19.1. The van der Waals surface area contributed by atoms with Crippen molar-refractivity contribution in [1.82, 2.24) is 5.32 Å². The molecule has 0 atom stereocenters. The second kappa shape index (κ2) is 4.84. The van der Waals surface area contributed by atoms with Gasteiger partial charge in [-0.2, -0.15) is 0 Å². The summed E-state index contributed by atoms with van der Waals surface area (Å²) in [5.41, 5.74) is -0.0205. The molecule has 0 aliphatic rings. The third-order valence-electron chi connectivity index (χ3n) is 1.89. The quantitative estimate of drug-likeness (QED) is 0.790. The van der Waals surface area contributed by atoms with E-state index < -0.39 is 17.5 Å². The van der Waals surface area contributed by atoms with E-state index in [1.54, 1.807) is 0 Å². The number of amides is 1. The van der Waals surface area contributed by atoms with Gasteiger partial charge in [0.15, 0.2) is 0 Å². The van der Waals surface area contributed by atoms with Crippen molar-refractivity contribution >= 4 is 5.91 Å². The molecule has 0 radical (unpaired) electrons. The number of aliphatic hydroxyl groups is 1. The van der Waals surface area contributed by atoms with Crippen LogP contribution in [-0.4, -0.2) is 24.2 Å². The minimum Gasteiger partial charge on any atom is -0.395 e. The Kier molecular flexibility index (Phi) is 3.74. The summed E-state index contributed by atoms with van der Waals surface area (Å²) >= 11 is 0. The van der Waals surface area contributed by atoms with Gasteiger partial charge in [0.25, 0.3) is 5.91 Å². The Hall–Kier alpha value is -1.49. The molecule has 0 saturated carbocycles. The molecule has 0 bridgehead atoms. The first-order valence-corrected chi connectivity index (χ1v) is 4.41. The molecule has 2 N–H and O–H groups in total. The topological polar surface area (TPSA) is 49.3 Å². The Labute approximate surface area is 85.7 Å². The van der Waals surface area contributed by atoms with Gasteiger partial charge in [0.2, 0.25) is 0 Å². The van der Waals surface area contributed by atoms with Crippen molar-refractivity contribution in [2.45, 2.75) is 6.92 Å². The van der Waals surface area contributed by atoms with E-state index in [4.69, 9.17) is 5.11 Å².